The average molecular weight is 309 g/mol. The minimum absolute atomic E-state index is 0.0725. The van der Waals surface area contributed by atoms with Crippen molar-refractivity contribution in [3.63, 3.8) is 0 Å². The lowest BCUT2D eigenvalue weighted by atomic mass is 10.2. The molecule has 3 N–H and O–H groups in total. The van der Waals surface area contributed by atoms with Gasteiger partial charge >= 0.3 is 0 Å². The van der Waals surface area contributed by atoms with Crippen molar-refractivity contribution in [3.8, 4) is 0 Å². The number of amidine groups is 1. The largest absolute Gasteiger partial charge is 0.409 e. The molecule has 1 rings (SSSR count). The number of rotatable bonds is 8. The maximum absolute atomic E-state index is 12.3. The van der Waals surface area contributed by atoms with Crippen LogP contribution in [0, 0.1) is 5.92 Å². The summed E-state index contributed by atoms with van der Waals surface area (Å²) in [5.74, 6) is 0.992. The molecule has 1 aromatic carbocycles. The Morgan fingerprint density at radius 3 is 2.62 bits per heavy atom. The molecule has 0 bridgehead atoms. The first kappa shape index (κ1) is 17.4. The summed E-state index contributed by atoms with van der Waals surface area (Å²) in [4.78, 5) is 15.2. The van der Waals surface area contributed by atoms with E-state index in [1.165, 1.54) is 11.8 Å². The number of benzene rings is 1. The number of carbonyl (C=O) groups is 1. The molecule has 116 valence electrons. The Hall–Kier alpha value is -1.69. The summed E-state index contributed by atoms with van der Waals surface area (Å²) in [5, 5.41) is 11.5. The van der Waals surface area contributed by atoms with Gasteiger partial charge in [0.15, 0.2) is 0 Å². The Bertz CT molecular complexity index is 463. The number of nitrogens with two attached hydrogens (primary N) is 1. The molecule has 0 unspecified atom stereocenters. The van der Waals surface area contributed by atoms with Crippen LogP contribution in [0.25, 0.3) is 0 Å². The van der Waals surface area contributed by atoms with Gasteiger partial charge in [0.2, 0.25) is 5.91 Å². The van der Waals surface area contributed by atoms with E-state index in [1.54, 1.807) is 4.90 Å². The quantitative estimate of drug-likeness (QED) is 0.254. The molecule has 1 amide bonds. The fourth-order valence-corrected chi connectivity index (χ4v) is 2.63. The van der Waals surface area contributed by atoms with Crippen LogP contribution in [0.4, 0.5) is 0 Å². The standard InChI is InChI=1S/C15H23N3O2S/c1-12(2)10-18(9-8-14(16)17-20)15(19)11-21-13-6-4-3-5-7-13/h3-7,12,20H,8-11H2,1-2H3,(H2,16,17). The molecule has 1 aromatic rings. The van der Waals surface area contributed by atoms with Crippen LogP contribution in [-0.4, -0.2) is 40.7 Å². The third-order valence-corrected chi connectivity index (χ3v) is 3.81. The minimum Gasteiger partial charge on any atom is -0.409 e. The highest BCUT2D eigenvalue weighted by molar-refractivity contribution is 8.00. The molecule has 0 aromatic heterocycles. The van der Waals surface area contributed by atoms with Gasteiger partial charge < -0.3 is 15.8 Å². The summed E-state index contributed by atoms with van der Waals surface area (Å²) >= 11 is 1.52. The van der Waals surface area contributed by atoms with Gasteiger partial charge in [0.1, 0.15) is 5.84 Å². The third kappa shape index (κ3) is 7.04. The van der Waals surface area contributed by atoms with Crippen LogP contribution in [0.15, 0.2) is 40.4 Å². The Morgan fingerprint density at radius 2 is 2.05 bits per heavy atom. The molecule has 0 aliphatic heterocycles. The number of hydrogen-bond acceptors (Lipinski definition) is 4. The number of oxime groups is 1. The smallest absolute Gasteiger partial charge is 0.232 e. The number of carbonyl (C=O) groups excluding carboxylic acids is 1. The van der Waals surface area contributed by atoms with Gasteiger partial charge in [-0.05, 0) is 18.1 Å². The molecular weight excluding hydrogens is 286 g/mol. The van der Waals surface area contributed by atoms with Gasteiger partial charge in [0, 0.05) is 24.4 Å². The number of nitrogens with zero attached hydrogens (tertiary/aromatic N) is 2. The summed E-state index contributed by atoms with van der Waals surface area (Å²) in [6.07, 6.45) is 0.380. The molecule has 0 spiro atoms. The van der Waals surface area contributed by atoms with Crippen molar-refractivity contribution in [1.82, 2.24) is 4.90 Å². The van der Waals surface area contributed by atoms with Crippen molar-refractivity contribution in [1.29, 1.82) is 0 Å². The van der Waals surface area contributed by atoms with Gasteiger partial charge in [-0.1, -0.05) is 37.2 Å². The van der Waals surface area contributed by atoms with Gasteiger partial charge in [0.05, 0.1) is 5.75 Å². The van der Waals surface area contributed by atoms with E-state index in [2.05, 4.69) is 19.0 Å². The molecule has 0 saturated carbocycles. The summed E-state index contributed by atoms with van der Waals surface area (Å²) < 4.78 is 0. The second-order valence-electron chi connectivity index (χ2n) is 5.18. The Balaban J connectivity index is 2.54. The van der Waals surface area contributed by atoms with E-state index >= 15 is 0 Å². The summed E-state index contributed by atoms with van der Waals surface area (Å²) in [7, 11) is 0. The summed E-state index contributed by atoms with van der Waals surface area (Å²) in [6.45, 7) is 5.28. The van der Waals surface area contributed by atoms with Gasteiger partial charge in [-0.15, -0.1) is 11.8 Å². The number of thioether (sulfide) groups is 1. The zero-order chi connectivity index (χ0) is 15.7. The fourth-order valence-electron chi connectivity index (χ4n) is 1.81. The summed E-state index contributed by atoms with van der Waals surface area (Å²) in [5.41, 5.74) is 5.47. The van der Waals surface area contributed by atoms with Crippen molar-refractivity contribution in [2.24, 2.45) is 16.8 Å². The minimum atomic E-state index is 0.0725. The lowest BCUT2D eigenvalue weighted by molar-refractivity contribution is -0.128. The van der Waals surface area contributed by atoms with E-state index in [1.807, 2.05) is 30.3 Å². The molecule has 21 heavy (non-hydrogen) atoms. The average Bonchev–Trinajstić information content (AvgIpc) is 2.49. The molecule has 0 heterocycles. The van der Waals surface area contributed by atoms with Crippen molar-refractivity contribution >= 4 is 23.5 Å². The van der Waals surface area contributed by atoms with E-state index in [9.17, 15) is 4.79 Å². The van der Waals surface area contributed by atoms with E-state index < -0.39 is 0 Å². The first-order chi connectivity index (χ1) is 10.0. The lowest BCUT2D eigenvalue weighted by Crippen LogP contribution is -2.37. The maximum atomic E-state index is 12.3. The highest BCUT2D eigenvalue weighted by Gasteiger charge is 2.15. The first-order valence-corrected chi connectivity index (χ1v) is 7.93. The predicted octanol–water partition coefficient (Wildman–Crippen LogP) is 2.40. The van der Waals surface area contributed by atoms with E-state index in [4.69, 9.17) is 10.9 Å². The van der Waals surface area contributed by atoms with E-state index in [0.717, 1.165) is 4.90 Å². The first-order valence-electron chi connectivity index (χ1n) is 6.95. The molecule has 0 radical (unpaired) electrons. The van der Waals surface area contributed by atoms with Crippen LogP contribution < -0.4 is 5.73 Å². The molecule has 0 atom stereocenters. The van der Waals surface area contributed by atoms with Crippen LogP contribution in [-0.2, 0) is 4.79 Å². The van der Waals surface area contributed by atoms with Crippen LogP contribution >= 0.6 is 11.8 Å². The zero-order valence-corrected chi connectivity index (χ0v) is 13.3. The fraction of sp³-hybridized carbons (Fsp3) is 0.467. The second-order valence-corrected chi connectivity index (χ2v) is 6.23. The predicted molar refractivity (Wildman–Crippen MR) is 86.6 cm³/mol. The highest BCUT2D eigenvalue weighted by Crippen LogP contribution is 2.17. The second kappa shape index (κ2) is 9.28. The van der Waals surface area contributed by atoms with E-state index in [-0.39, 0.29) is 11.7 Å². The molecule has 0 saturated heterocycles. The van der Waals surface area contributed by atoms with Crippen molar-refractivity contribution in [2.75, 3.05) is 18.8 Å². The van der Waals surface area contributed by atoms with Gasteiger partial charge in [0.25, 0.3) is 0 Å². The van der Waals surface area contributed by atoms with Crippen molar-refractivity contribution in [2.45, 2.75) is 25.2 Å². The van der Waals surface area contributed by atoms with Gasteiger partial charge in [-0.2, -0.15) is 0 Å². The summed E-state index contributed by atoms with van der Waals surface area (Å²) in [6, 6.07) is 9.84. The normalized spacial score (nSPS) is 11.7. The van der Waals surface area contributed by atoms with Gasteiger partial charge in [-0.3, -0.25) is 4.79 Å². The highest BCUT2D eigenvalue weighted by atomic mass is 32.2. The molecular formula is C15H23N3O2S. The third-order valence-electron chi connectivity index (χ3n) is 2.81. The molecule has 5 nitrogen and oxygen atoms in total. The SMILES string of the molecule is CC(C)CN(CCC(N)=NO)C(=O)CSc1ccccc1. The van der Waals surface area contributed by atoms with E-state index in [0.29, 0.717) is 31.2 Å². The Kier molecular flexibility index (Phi) is 7.68. The van der Waals surface area contributed by atoms with Gasteiger partial charge in [-0.25, -0.2) is 0 Å². The Labute approximate surface area is 130 Å². The zero-order valence-electron chi connectivity index (χ0n) is 12.5. The van der Waals surface area contributed by atoms with Crippen LogP contribution in [0.3, 0.4) is 0 Å². The lowest BCUT2D eigenvalue weighted by Gasteiger charge is -2.24. The van der Waals surface area contributed by atoms with Crippen molar-refractivity contribution in [3.05, 3.63) is 30.3 Å². The molecule has 0 aliphatic rings. The topological polar surface area (TPSA) is 78.9 Å². The number of amides is 1. The van der Waals surface area contributed by atoms with Crippen LogP contribution in [0.5, 0.6) is 0 Å². The molecule has 0 fully saturated rings. The van der Waals surface area contributed by atoms with Crippen LogP contribution in [0.1, 0.15) is 20.3 Å². The molecule has 6 heteroatoms. The number of hydrogen-bond donors (Lipinski definition) is 2. The van der Waals surface area contributed by atoms with Crippen molar-refractivity contribution < 1.29 is 10.0 Å². The molecule has 0 aliphatic carbocycles. The Morgan fingerprint density at radius 1 is 1.38 bits per heavy atom. The monoisotopic (exact) mass is 309 g/mol. The van der Waals surface area contributed by atoms with Crippen LogP contribution in [0.2, 0.25) is 0 Å². The maximum Gasteiger partial charge on any atom is 0.232 e.